The Morgan fingerprint density at radius 1 is 1.35 bits per heavy atom. The number of anilines is 2. The van der Waals surface area contributed by atoms with Gasteiger partial charge in [0.25, 0.3) is 0 Å². The molecule has 1 heterocycles. The van der Waals surface area contributed by atoms with Crippen LogP contribution in [0.25, 0.3) is 0 Å². The summed E-state index contributed by atoms with van der Waals surface area (Å²) in [4.78, 5) is 11.5. The molecule has 1 fully saturated rings. The fourth-order valence-electron chi connectivity index (χ4n) is 2.38. The topological polar surface area (TPSA) is 62.4 Å². The Balaban J connectivity index is 1.83. The van der Waals surface area contributed by atoms with Crippen molar-refractivity contribution < 1.29 is 9.53 Å². The lowest BCUT2D eigenvalue weighted by atomic mass is 9.98. The number of amides is 1. The molecule has 2 rings (SSSR count). The number of carbonyl (C=O) groups excluding carboxylic acids is 1. The summed E-state index contributed by atoms with van der Waals surface area (Å²) in [6.45, 7) is 3.28. The van der Waals surface area contributed by atoms with E-state index < -0.39 is 0 Å². The first kappa shape index (κ1) is 14.8. The maximum Gasteiger partial charge on any atom is 0.250 e. The van der Waals surface area contributed by atoms with Crippen molar-refractivity contribution in [1.29, 1.82) is 0 Å². The minimum Gasteiger partial charge on any atom is -0.385 e. The highest BCUT2D eigenvalue weighted by atomic mass is 16.5. The predicted molar refractivity (Wildman–Crippen MR) is 81.0 cm³/mol. The van der Waals surface area contributed by atoms with Gasteiger partial charge in [-0.25, -0.2) is 0 Å². The van der Waals surface area contributed by atoms with Gasteiger partial charge in [0.05, 0.1) is 0 Å². The number of methoxy groups -OCH3 is 1. The molecule has 0 aromatic heterocycles. The average Bonchev–Trinajstić information content (AvgIpc) is 2.47. The summed E-state index contributed by atoms with van der Waals surface area (Å²) in [7, 11) is 1.51. The molecule has 0 unspecified atom stereocenters. The molecular formula is C15H23N3O2. The molecule has 1 aliphatic rings. The van der Waals surface area contributed by atoms with E-state index >= 15 is 0 Å². The van der Waals surface area contributed by atoms with Gasteiger partial charge < -0.3 is 20.7 Å². The molecule has 1 saturated heterocycles. The van der Waals surface area contributed by atoms with Gasteiger partial charge in [0.1, 0.15) is 6.61 Å². The van der Waals surface area contributed by atoms with Crippen LogP contribution in [0.1, 0.15) is 12.8 Å². The Kier molecular flexibility index (Phi) is 5.83. The highest BCUT2D eigenvalue weighted by molar-refractivity contribution is 5.92. The van der Waals surface area contributed by atoms with Crippen LogP contribution in [0.5, 0.6) is 0 Å². The Hall–Kier alpha value is -1.59. The molecule has 0 radical (unpaired) electrons. The van der Waals surface area contributed by atoms with E-state index in [-0.39, 0.29) is 12.5 Å². The summed E-state index contributed by atoms with van der Waals surface area (Å²) in [5.41, 5.74) is 1.83. The second-order valence-electron chi connectivity index (χ2n) is 5.14. The van der Waals surface area contributed by atoms with Crippen LogP contribution in [-0.4, -0.2) is 39.3 Å². The van der Waals surface area contributed by atoms with Gasteiger partial charge >= 0.3 is 0 Å². The molecule has 0 saturated carbocycles. The fraction of sp³-hybridized carbons (Fsp3) is 0.533. The van der Waals surface area contributed by atoms with Crippen molar-refractivity contribution in [2.75, 3.05) is 44.0 Å². The molecular weight excluding hydrogens is 254 g/mol. The van der Waals surface area contributed by atoms with E-state index in [1.165, 1.54) is 20.0 Å². The van der Waals surface area contributed by atoms with E-state index in [4.69, 9.17) is 4.74 Å². The molecule has 0 bridgehead atoms. The van der Waals surface area contributed by atoms with Crippen LogP contribution in [0.15, 0.2) is 24.3 Å². The molecule has 0 aliphatic carbocycles. The molecule has 0 spiro atoms. The first-order valence-corrected chi connectivity index (χ1v) is 7.11. The van der Waals surface area contributed by atoms with E-state index in [0.29, 0.717) is 0 Å². The van der Waals surface area contributed by atoms with Gasteiger partial charge in [-0.15, -0.1) is 0 Å². The second-order valence-corrected chi connectivity index (χ2v) is 5.14. The van der Waals surface area contributed by atoms with Crippen molar-refractivity contribution in [3.63, 3.8) is 0 Å². The first-order chi connectivity index (χ1) is 9.78. The van der Waals surface area contributed by atoms with Crippen molar-refractivity contribution in [3.8, 4) is 0 Å². The molecule has 110 valence electrons. The number of piperidine rings is 1. The minimum absolute atomic E-state index is 0.0761. The third-order valence-corrected chi connectivity index (χ3v) is 3.48. The quantitative estimate of drug-likeness (QED) is 0.740. The third kappa shape index (κ3) is 4.83. The molecule has 1 aromatic rings. The van der Waals surface area contributed by atoms with Crippen LogP contribution in [0.4, 0.5) is 11.4 Å². The second kappa shape index (κ2) is 7.87. The number of nitrogens with one attached hydrogen (secondary N) is 3. The zero-order valence-electron chi connectivity index (χ0n) is 11.9. The summed E-state index contributed by atoms with van der Waals surface area (Å²) in [6, 6.07) is 7.79. The molecule has 0 atom stereocenters. The normalized spacial score (nSPS) is 15.8. The number of hydrogen-bond donors (Lipinski definition) is 3. The smallest absolute Gasteiger partial charge is 0.250 e. The van der Waals surface area contributed by atoms with Gasteiger partial charge in [0.2, 0.25) is 5.91 Å². The van der Waals surface area contributed by atoms with E-state index in [2.05, 4.69) is 16.0 Å². The maximum absolute atomic E-state index is 11.5. The fourth-order valence-corrected chi connectivity index (χ4v) is 2.38. The van der Waals surface area contributed by atoms with Crippen LogP contribution in [0, 0.1) is 5.92 Å². The largest absolute Gasteiger partial charge is 0.385 e. The van der Waals surface area contributed by atoms with Gasteiger partial charge in [-0.3, -0.25) is 4.79 Å². The van der Waals surface area contributed by atoms with Gasteiger partial charge in [0, 0.05) is 25.0 Å². The van der Waals surface area contributed by atoms with Crippen LogP contribution >= 0.6 is 0 Å². The van der Waals surface area contributed by atoms with Crippen molar-refractivity contribution >= 4 is 17.3 Å². The van der Waals surface area contributed by atoms with E-state index in [0.717, 1.165) is 36.9 Å². The first-order valence-electron chi connectivity index (χ1n) is 7.11. The molecule has 20 heavy (non-hydrogen) atoms. The van der Waals surface area contributed by atoms with Gasteiger partial charge in [0.15, 0.2) is 0 Å². The zero-order chi connectivity index (χ0) is 14.2. The van der Waals surface area contributed by atoms with Crippen LogP contribution in [0.3, 0.4) is 0 Å². The zero-order valence-corrected chi connectivity index (χ0v) is 11.9. The molecule has 1 amide bonds. The molecule has 1 aliphatic heterocycles. The summed E-state index contributed by atoms with van der Waals surface area (Å²) in [5.74, 6) is 0.589. The number of hydrogen-bond acceptors (Lipinski definition) is 4. The van der Waals surface area contributed by atoms with Crippen LogP contribution < -0.4 is 16.0 Å². The molecule has 1 aromatic carbocycles. The van der Waals surface area contributed by atoms with Crippen LogP contribution in [-0.2, 0) is 9.53 Å². The van der Waals surface area contributed by atoms with Gasteiger partial charge in [-0.1, -0.05) is 6.07 Å². The summed E-state index contributed by atoms with van der Waals surface area (Å²) < 4.78 is 4.80. The van der Waals surface area contributed by atoms with E-state index in [1.807, 2.05) is 24.3 Å². The SMILES string of the molecule is COCC(=O)Nc1cccc(NCC2CCNCC2)c1. The Morgan fingerprint density at radius 3 is 2.85 bits per heavy atom. The molecule has 3 N–H and O–H groups in total. The number of benzene rings is 1. The van der Waals surface area contributed by atoms with Crippen LogP contribution in [0.2, 0.25) is 0 Å². The lowest BCUT2D eigenvalue weighted by Crippen LogP contribution is -2.31. The maximum atomic E-state index is 11.5. The minimum atomic E-state index is -0.136. The molecule has 5 nitrogen and oxygen atoms in total. The number of rotatable bonds is 6. The highest BCUT2D eigenvalue weighted by Gasteiger charge is 2.12. The Labute approximate surface area is 120 Å². The lowest BCUT2D eigenvalue weighted by Gasteiger charge is -2.23. The van der Waals surface area contributed by atoms with Crippen molar-refractivity contribution in [2.45, 2.75) is 12.8 Å². The van der Waals surface area contributed by atoms with Gasteiger partial charge in [-0.2, -0.15) is 0 Å². The van der Waals surface area contributed by atoms with Crippen molar-refractivity contribution in [3.05, 3.63) is 24.3 Å². The monoisotopic (exact) mass is 277 g/mol. The summed E-state index contributed by atoms with van der Waals surface area (Å²) in [6.07, 6.45) is 2.44. The van der Waals surface area contributed by atoms with E-state index in [9.17, 15) is 4.79 Å². The number of ether oxygens (including phenoxy) is 1. The van der Waals surface area contributed by atoms with Gasteiger partial charge in [-0.05, 0) is 50.0 Å². The lowest BCUT2D eigenvalue weighted by molar-refractivity contribution is -0.119. The Bertz CT molecular complexity index is 431. The van der Waals surface area contributed by atoms with Crippen molar-refractivity contribution in [2.24, 2.45) is 5.92 Å². The summed E-state index contributed by atoms with van der Waals surface area (Å²) in [5, 5.41) is 9.63. The Morgan fingerprint density at radius 2 is 2.10 bits per heavy atom. The molecule has 5 heteroatoms. The standard InChI is InChI=1S/C15H23N3O2/c1-20-11-15(19)18-14-4-2-3-13(9-14)17-10-12-5-7-16-8-6-12/h2-4,9,12,16-17H,5-8,10-11H2,1H3,(H,18,19). The summed E-state index contributed by atoms with van der Waals surface area (Å²) >= 11 is 0. The number of carbonyl (C=O) groups is 1. The highest BCUT2D eigenvalue weighted by Crippen LogP contribution is 2.17. The average molecular weight is 277 g/mol. The predicted octanol–water partition coefficient (Wildman–Crippen LogP) is 1.68. The van der Waals surface area contributed by atoms with Crippen molar-refractivity contribution in [1.82, 2.24) is 5.32 Å². The third-order valence-electron chi connectivity index (χ3n) is 3.48. The van der Waals surface area contributed by atoms with E-state index in [1.54, 1.807) is 0 Å².